The van der Waals surface area contributed by atoms with E-state index in [2.05, 4.69) is 32.3 Å². The van der Waals surface area contributed by atoms with Crippen LogP contribution < -0.4 is 0 Å². The molecule has 0 aromatic heterocycles. The van der Waals surface area contributed by atoms with Gasteiger partial charge in [-0.2, -0.15) is 11.8 Å². The standard InChI is InChI=1S/C29H35Cl2NO2S/c1-5-9-24-28(33)32(23-12-6-7-13-25(23)35-29(2,3)4)26(19-14-16-21(30)17-15-19)27(34-24)20-10-8-11-22(31)18-20/h5,8,10-11,14-18,23-27H,1,6-7,9,12-13H2,2-4H3/t23-,24+,25-,26?,27?/m0/s1. The van der Waals surface area contributed by atoms with Crippen molar-refractivity contribution in [2.45, 2.75) is 87.2 Å². The molecule has 1 saturated heterocycles. The Morgan fingerprint density at radius 3 is 2.43 bits per heavy atom. The Morgan fingerprint density at radius 2 is 1.77 bits per heavy atom. The Balaban J connectivity index is 1.85. The highest BCUT2D eigenvalue weighted by Crippen LogP contribution is 2.48. The van der Waals surface area contributed by atoms with Gasteiger partial charge in [0.2, 0.25) is 0 Å². The molecule has 0 radical (unpaired) electrons. The third kappa shape index (κ3) is 6.28. The van der Waals surface area contributed by atoms with E-state index in [0.29, 0.717) is 21.7 Å². The lowest BCUT2D eigenvalue weighted by Crippen LogP contribution is -2.58. The summed E-state index contributed by atoms with van der Waals surface area (Å²) in [4.78, 5) is 16.3. The molecule has 5 atom stereocenters. The number of amides is 1. The van der Waals surface area contributed by atoms with Crippen molar-refractivity contribution in [2.75, 3.05) is 0 Å². The van der Waals surface area contributed by atoms with E-state index >= 15 is 0 Å². The number of thioether (sulfide) groups is 1. The molecule has 0 N–H and O–H groups in total. The maximum atomic E-state index is 14.1. The van der Waals surface area contributed by atoms with E-state index in [0.717, 1.165) is 30.4 Å². The molecule has 2 fully saturated rings. The van der Waals surface area contributed by atoms with Crippen LogP contribution in [0.4, 0.5) is 0 Å². The summed E-state index contributed by atoms with van der Waals surface area (Å²) in [6, 6.07) is 15.5. The van der Waals surface area contributed by atoms with Gasteiger partial charge in [-0.15, -0.1) is 6.58 Å². The molecule has 6 heteroatoms. The SMILES string of the molecule is C=CC[C@H]1OC(c2cccc(Cl)c2)C(c2ccc(Cl)cc2)N([C@H]2CCCC[C@@H]2SC(C)(C)C)C1=O. The molecule has 1 heterocycles. The average Bonchev–Trinajstić information content (AvgIpc) is 2.80. The van der Waals surface area contributed by atoms with Crippen LogP contribution in [0.15, 0.2) is 61.2 Å². The molecule has 1 saturated carbocycles. The second-order valence-corrected chi connectivity index (χ2v) is 13.4. The zero-order valence-electron chi connectivity index (χ0n) is 20.8. The third-order valence-electron chi connectivity index (χ3n) is 6.73. The monoisotopic (exact) mass is 531 g/mol. The van der Waals surface area contributed by atoms with Gasteiger partial charge in [-0.3, -0.25) is 4.79 Å². The fourth-order valence-electron chi connectivity index (χ4n) is 5.36. The average molecular weight is 533 g/mol. The number of benzene rings is 2. The molecular formula is C29H35Cl2NO2S. The van der Waals surface area contributed by atoms with Gasteiger partial charge in [-0.05, 0) is 48.2 Å². The summed E-state index contributed by atoms with van der Waals surface area (Å²) in [6.45, 7) is 10.7. The Bertz CT molecular complexity index is 1040. The lowest BCUT2D eigenvalue weighted by molar-refractivity contribution is -0.179. The number of nitrogens with zero attached hydrogens (tertiary/aromatic N) is 1. The molecule has 1 aliphatic carbocycles. The van der Waals surface area contributed by atoms with Crippen molar-refractivity contribution in [3.8, 4) is 0 Å². The van der Waals surface area contributed by atoms with Crippen LogP contribution in [-0.4, -0.2) is 32.9 Å². The van der Waals surface area contributed by atoms with Gasteiger partial charge in [0.1, 0.15) is 12.2 Å². The highest BCUT2D eigenvalue weighted by Gasteiger charge is 2.48. The molecule has 2 aliphatic rings. The fraction of sp³-hybridized carbons (Fsp3) is 0.483. The predicted octanol–water partition coefficient (Wildman–Crippen LogP) is 8.42. The van der Waals surface area contributed by atoms with Gasteiger partial charge in [-0.25, -0.2) is 0 Å². The van der Waals surface area contributed by atoms with Gasteiger partial charge in [0.15, 0.2) is 0 Å². The largest absolute Gasteiger partial charge is 0.358 e. The smallest absolute Gasteiger partial charge is 0.252 e. The Kier molecular flexibility index (Phi) is 8.58. The second kappa shape index (κ2) is 11.3. The Hall–Kier alpha value is -1.46. The lowest BCUT2D eigenvalue weighted by atomic mass is 9.86. The number of carbonyl (C=O) groups is 1. The first-order valence-electron chi connectivity index (χ1n) is 12.4. The first-order chi connectivity index (χ1) is 16.7. The van der Waals surface area contributed by atoms with E-state index in [1.165, 1.54) is 6.42 Å². The molecule has 2 unspecified atom stereocenters. The molecule has 188 valence electrons. The molecule has 3 nitrogen and oxygen atoms in total. The molecule has 1 amide bonds. The molecular weight excluding hydrogens is 497 g/mol. The molecule has 2 aromatic rings. The number of ether oxygens (including phenoxy) is 1. The van der Waals surface area contributed by atoms with E-state index in [1.54, 1.807) is 6.08 Å². The van der Waals surface area contributed by atoms with Crippen LogP contribution in [0.25, 0.3) is 0 Å². The van der Waals surface area contributed by atoms with Crippen LogP contribution in [0.3, 0.4) is 0 Å². The van der Waals surface area contributed by atoms with Gasteiger partial charge in [0, 0.05) is 32.5 Å². The minimum Gasteiger partial charge on any atom is -0.358 e. The van der Waals surface area contributed by atoms with Gasteiger partial charge in [0.05, 0.1) is 6.04 Å². The van der Waals surface area contributed by atoms with E-state index in [1.807, 2.05) is 60.3 Å². The van der Waals surface area contributed by atoms with Gasteiger partial charge >= 0.3 is 0 Å². The van der Waals surface area contributed by atoms with Crippen LogP contribution in [0.5, 0.6) is 0 Å². The molecule has 0 spiro atoms. The minimum absolute atomic E-state index is 0.0505. The van der Waals surface area contributed by atoms with Gasteiger partial charge in [-0.1, -0.05) is 87.2 Å². The first kappa shape index (κ1) is 26.6. The zero-order valence-corrected chi connectivity index (χ0v) is 23.1. The summed E-state index contributed by atoms with van der Waals surface area (Å²) >= 11 is 14.7. The highest BCUT2D eigenvalue weighted by molar-refractivity contribution is 8.01. The Labute approximate surface area is 224 Å². The lowest BCUT2D eigenvalue weighted by Gasteiger charge is -2.51. The van der Waals surface area contributed by atoms with Gasteiger partial charge in [0.25, 0.3) is 5.91 Å². The predicted molar refractivity (Wildman–Crippen MR) is 148 cm³/mol. The van der Waals surface area contributed by atoms with Gasteiger partial charge < -0.3 is 9.64 Å². The van der Waals surface area contributed by atoms with Crippen molar-refractivity contribution < 1.29 is 9.53 Å². The van der Waals surface area contributed by atoms with Crippen LogP contribution in [0.2, 0.25) is 10.0 Å². The van der Waals surface area contributed by atoms with Crippen molar-refractivity contribution >= 4 is 40.9 Å². The van der Waals surface area contributed by atoms with E-state index in [-0.39, 0.29) is 28.8 Å². The normalized spacial score (nSPS) is 27.6. The summed E-state index contributed by atoms with van der Waals surface area (Å²) < 4.78 is 6.68. The zero-order chi connectivity index (χ0) is 25.2. The number of hydrogen-bond acceptors (Lipinski definition) is 3. The molecule has 0 bridgehead atoms. The summed E-state index contributed by atoms with van der Waals surface area (Å²) in [6.07, 6.45) is 5.76. The highest BCUT2D eigenvalue weighted by atomic mass is 35.5. The fourth-order valence-corrected chi connectivity index (χ4v) is 7.30. The maximum absolute atomic E-state index is 14.1. The van der Waals surface area contributed by atoms with Crippen molar-refractivity contribution in [1.82, 2.24) is 4.90 Å². The van der Waals surface area contributed by atoms with Crippen molar-refractivity contribution in [3.05, 3.63) is 82.4 Å². The van der Waals surface area contributed by atoms with Crippen LogP contribution >= 0.6 is 35.0 Å². The summed E-state index contributed by atoms with van der Waals surface area (Å²) in [5.74, 6) is 0.0505. The van der Waals surface area contributed by atoms with Crippen molar-refractivity contribution in [2.24, 2.45) is 0 Å². The van der Waals surface area contributed by atoms with Crippen molar-refractivity contribution in [1.29, 1.82) is 0 Å². The van der Waals surface area contributed by atoms with E-state index in [4.69, 9.17) is 27.9 Å². The molecule has 2 aromatic carbocycles. The topological polar surface area (TPSA) is 29.5 Å². The minimum atomic E-state index is -0.567. The molecule has 1 aliphatic heterocycles. The maximum Gasteiger partial charge on any atom is 0.252 e. The molecule has 35 heavy (non-hydrogen) atoms. The van der Waals surface area contributed by atoms with Crippen LogP contribution in [0, 0.1) is 0 Å². The number of morpholine rings is 1. The quantitative estimate of drug-likeness (QED) is 0.350. The second-order valence-electron chi connectivity index (χ2n) is 10.5. The summed E-state index contributed by atoms with van der Waals surface area (Å²) in [5, 5.41) is 1.69. The number of rotatable bonds is 6. The summed E-state index contributed by atoms with van der Waals surface area (Å²) in [7, 11) is 0. The van der Waals surface area contributed by atoms with Crippen LogP contribution in [-0.2, 0) is 9.53 Å². The number of halogens is 2. The van der Waals surface area contributed by atoms with Crippen LogP contribution in [0.1, 0.15) is 76.1 Å². The molecule has 4 rings (SSSR count). The third-order valence-corrected chi connectivity index (χ3v) is 8.77. The first-order valence-corrected chi connectivity index (χ1v) is 14.1. The number of hydrogen-bond donors (Lipinski definition) is 0. The Morgan fingerprint density at radius 1 is 1.06 bits per heavy atom. The van der Waals surface area contributed by atoms with E-state index < -0.39 is 6.10 Å². The number of carbonyl (C=O) groups excluding carboxylic acids is 1. The van der Waals surface area contributed by atoms with E-state index in [9.17, 15) is 4.79 Å². The summed E-state index contributed by atoms with van der Waals surface area (Å²) in [5.41, 5.74) is 2.00. The van der Waals surface area contributed by atoms with Crippen molar-refractivity contribution in [3.63, 3.8) is 0 Å².